The number of benzene rings is 1. The number of anilines is 1. The average molecular weight is 280 g/mol. The molecule has 1 aromatic carbocycles. The third kappa shape index (κ3) is 2.49. The normalized spacial score (nSPS) is 14.4. The van der Waals surface area contributed by atoms with Gasteiger partial charge in [0, 0.05) is 18.7 Å². The second kappa shape index (κ2) is 5.56. The van der Waals surface area contributed by atoms with Crippen molar-refractivity contribution in [3.8, 4) is 11.1 Å². The maximum atomic E-state index is 12.7. The second-order valence-electron chi connectivity index (χ2n) is 5.35. The molecule has 0 unspecified atom stereocenters. The van der Waals surface area contributed by atoms with Gasteiger partial charge in [-0.1, -0.05) is 30.3 Å². The molecule has 0 bridgehead atoms. The van der Waals surface area contributed by atoms with Crippen LogP contribution in [0.4, 0.5) is 5.82 Å². The maximum absolute atomic E-state index is 12.7. The van der Waals surface area contributed by atoms with Gasteiger partial charge in [-0.25, -0.2) is 4.98 Å². The first kappa shape index (κ1) is 13.6. The molecular weight excluding hydrogens is 262 g/mol. The molecule has 21 heavy (non-hydrogen) atoms. The summed E-state index contributed by atoms with van der Waals surface area (Å²) in [5.74, 6) is 0.255. The summed E-state index contributed by atoms with van der Waals surface area (Å²) in [6.45, 7) is 3.52. The van der Waals surface area contributed by atoms with Crippen LogP contribution in [0.5, 0.6) is 0 Å². The van der Waals surface area contributed by atoms with Crippen LogP contribution in [0, 0.1) is 13.1 Å². The first-order valence-electron chi connectivity index (χ1n) is 7.21. The fraction of sp³-hybridized carbons (Fsp3) is 0.294. The molecule has 0 saturated carbocycles. The number of carbonyl (C=O) groups excluding carboxylic acids is 1. The van der Waals surface area contributed by atoms with Gasteiger partial charge in [-0.05, 0) is 30.9 Å². The zero-order valence-corrected chi connectivity index (χ0v) is 12.1. The molecule has 4 nitrogen and oxygen atoms in total. The van der Waals surface area contributed by atoms with Gasteiger partial charge in [0.2, 0.25) is 0 Å². The Morgan fingerprint density at radius 1 is 1.24 bits per heavy atom. The average Bonchev–Trinajstić information content (AvgIpc) is 3.02. The van der Waals surface area contributed by atoms with Crippen LogP contribution in [0.3, 0.4) is 0 Å². The van der Waals surface area contributed by atoms with Gasteiger partial charge in [0.1, 0.15) is 5.82 Å². The van der Waals surface area contributed by atoms with Crippen molar-refractivity contribution in [3.63, 3.8) is 0 Å². The van der Waals surface area contributed by atoms with Gasteiger partial charge < -0.3 is 10.6 Å². The van der Waals surface area contributed by atoms with Gasteiger partial charge >= 0.3 is 0 Å². The quantitative estimate of drug-likeness (QED) is 0.920. The molecule has 1 radical (unpaired) electrons. The van der Waals surface area contributed by atoms with Crippen LogP contribution < -0.4 is 5.73 Å². The van der Waals surface area contributed by atoms with Crippen LogP contribution in [0.15, 0.2) is 30.3 Å². The minimum absolute atomic E-state index is 0.0128. The van der Waals surface area contributed by atoms with Gasteiger partial charge in [-0.2, -0.15) is 0 Å². The summed E-state index contributed by atoms with van der Waals surface area (Å²) in [6.07, 6.45) is 5.08. The van der Waals surface area contributed by atoms with Gasteiger partial charge in [0.25, 0.3) is 5.91 Å². The van der Waals surface area contributed by atoms with Crippen molar-refractivity contribution in [2.45, 2.75) is 19.8 Å². The SMILES string of the molecule is Cc1c(-c2ccccc2)[c]nc(N)c1C(=O)N1CCCC1. The van der Waals surface area contributed by atoms with E-state index in [9.17, 15) is 4.79 Å². The van der Waals surface area contributed by atoms with Gasteiger partial charge in [0.15, 0.2) is 0 Å². The first-order valence-corrected chi connectivity index (χ1v) is 7.21. The Morgan fingerprint density at radius 3 is 2.57 bits per heavy atom. The number of aromatic nitrogens is 1. The number of nitrogens with zero attached hydrogens (tertiary/aromatic N) is 2. The predicted octanol–water partition coefficient (Wildman–Crippen LogP) is 2.68. The Kier molecular flexibility index (Phi) is 3.60. The highest BCUT2D eigenvalue weighted by Gasteiger charge is 2.25. The van der Waals surface area contributed by atoms with E-state index in [1.165, 1.54) is 0 Å². The highest BCUT2D eigenvalue weighted by molar-refractivity contribution is 6.01. The van der Waals surface area contributed by atoms with E-state index in [0.717, 1.165) is 42.6 Å². The molecule has 0 atom stereocenters. The minimum Gasteiger partial charge on any atom is -0.383 e. The van der Waals surface area contributed by atoms with Crippen molar-refractivity contribution in [1.82, 2.24) is 9.88 Å². The van der Waals surface area contributed by atoms with Crippen LogP contribution in [0.25, 0.3) is 11.1 Å². The molecule has 1 saturated heterocycles. The highest BCUT2D eigenvalue weighted by atomic mass is 16.2. The summed E-state index contributed by atoms with van der Waals surface area (Å²) in [5.41, 5.74) is 9.16. The standard InChI is InChI=1S/C17H18N3O/c1-12-14(13-7-3-2-4-8-13)11-19-16(18)15(12)17(21)20-9-5-6-10-20/h2-4,7-8H,5-6,9-10H2,1H3,(H2,18,19). The zero-order valence-electron chi connectivity index (χ0n) is 12.1. The fourth-order valence-electron chi connectivity index (χ4n) is 2.81. The summed E-state index contributed by atoms with van der Waals surface area (Å²) in [4.78, 5) is 18.6. The van der Waals surface area contributed by atoms with Crippen molar-refractivity contribution < 1.29 is 4.79 Å². The monoisotopic (exact) mass is 280 g/mol. The zero-order chi connectivity index (χ0) is 14.8. The van der Waals surface area contributed by atoms with Crippen LogP contribution in [-0.4, -0.2) is 28.9 Å². The summed E-state index contributed by atoms with van der Waals surface area (Å²) in [7, 11) is 0. The lowest BCUT2D eigenvalue weighted by atomic mass is 9.98. The van der Waals surface area contributed by atoms with Crippen LogP contribution in [-0.2, 0) is 0 Å². The number of rotatable bonds is 2. The van der Waals surface area contributed by atoms with Crippen LogP contribution >= 0.6 is 0 Å². The third-order valence-electron chi connectivity index (χ3n) is 3.96. The molecule has 0 spiro atoms. The van der Waals surface area contributed by atoms with Crippen molar-refractivity contribution in [2.75, 3.05) is 18.8 Å². The number of pyridine rings is 1. The number of nitrogens with two attached hydrogens (primary N) is 1. The molecule has 3 rings (SSSR count). The van der Waals surface area contributed by atoms with E-state index in [1.54, 1.807) is 0 Å². The van der Waals surface area contributed by atoms with Crippen LogP contribution in [0.2, 0.25) is 0 Å². The number of hydrogen-bond acceptors (Lipinski definition) is 3. The third-order valence-corrected chi connectivity index (χ3v) is 3.96. The molecule has 2 heterocycles. The lowest BCUT2D eigenvalue weighted by Gasteiger charge is -2.19. The van der Waals surface area contributed by atoms with E-state index < -0.39 is 0 Å². The van der Waals surface area contributed by atoms with Crippen molar-refractivity contribution in [1.29, 1.82) is 0 Å². The van der Waals surface area contributed by atoms with Crippen molar-refractivity contribution in [2.24, 2.45) is 0 Å². The lowest BCUT2D eigenvalue weighted by Crippen LogP contribution is -2.29. The van der Waals surface area contributed by atoms with E-state index in [1.807, 2.05) is 42.2 Å². The number of amides is 1. The topological polar surface area (TPSA) is 59.2 Å². The smallest absolute Gasteiger partial charge is 0.257 e. The van der Waals surface area contributed by atoms with E-state index in [0.29, 0.717) is 5.56 Å². The summed E-state index contributed by atoms with van der Waals surface area (Å²) in [5, 5.41) is 0. The Hall–Kier alpha value is -2.36. The Morgan fingerprint density at radius 2 is 1.90 bits per heavy atom. The number of nitrogen functional groups attached to an aromatic ring is 1. The van der Waals surface area contributed by atoms with Gasteiger partial charge in [-0.15, -0.1) is 0 Å². The lowest BCUT2D eigenvalue weighted by molar-refractivity contribution is 0.0793. The molecule has 107 valence electrons. The molecule has 4 heteroatoms. The Bertz CT molecular complexity index is 661. The molecule has 1 aromatic heterocycles. The van der Waals surface area contributed by atoms with E-state index in [4.69, 9.17) is 5.73 Å². The van der Waals surface area contributed by atoms with Crippen LogP contribution in [0.1, 0.15) is 28.8 Å². The van der Waals surface area contributed by atoms with E-state index in [2.05, 4.69) is 11.2 Å². The molecule has 1 aliphatic heterocycles. The second-order valence-corrected chi connectivity index (χ2v) is 5.35. The van der Waals surface area contributed by atoms with E-state index >= 15 is 0 Å². The summed E-state index contributed by atoms with van der Waals surface area (Å²) in [6, 6.07) is 9.85. The molecular formula is C17H18N3O. The Labute approximate surface area is 124 Å². The van der Waals surface area contributed by atoms with E-state index in [-0.39, 0.29) is 11.7 Å². The van der Waals surface area contributed by atoms with Crippen molar-refractivity contribution >= 4 is 11.7 Å². The molecule has 2 N–H and O–H groups in total. The largest absolute Gasteiger partial charge is 0.383 e. The summed E-state index contributed by atoms with van der Waals surface area (Å²) < 4.78 is 0. The molecule has 1 aliphatic rings. The minimum atomic E-state index is -0.0128. The van der Waals surface area contributed by atoms with Gasteiger partial charge in [0.05, 0.1) is 11.8 Å². The Balaban J connectivity index is 2.06. The first-order chi connectivity index (χ1) is 10.2. The van der Waals surface area contributed by atoms with Gasteiger partial charge in [-0.3, -0.25) is 4.79 Å². The molecule has 0 aliphatic carbocycles. The maximum Gasteiger partial charge on any atom is 0.257 e. The predicted molar refractivity (Wildman–Crippen MR) is 82.8 cm³/mol. The number of carbonyl (C=O) groups is 1. The molecule has 1 amide bonds. The fourth-order valence-corrected chi connectivity index (χ4v) is 2.81. The van der Waals surface area contributed by atoms with Crippen molar-refractivity contribution in [3.05, 3.63) is 47.7 Å². The summed E-state index contributed by atoms with van der Waals surface area (Å²) >= 11 is 0. The molecule has 2 aromatic rings. The number of hydrogen-bond donors (Lipinski definition) is 1. The highest BCUT2D eigenvalue weighted by Crippen LogP contribution is 2.28. The molecule has 1 fully saturated rings. The number of likely N-dealkylation sites (tertiary alicyclic amines) is 1.